The summed E-state index contributed by atoms with van der Waals surface area (Å²) in [5, 5.41) is 7.75. The first-order valence-electron chi connectivity index (χ1n) is 7.53. The summed E-state index contributed by atoms with van der Waals surface area (Å²) in [6.07, 6.45) is 7.93. The van der Waals surface area contributed by atoms with Gasteiger partial charge in [-0.3, -0.25) is 4.79 Å². The van der Waals surface area contributed by atoms with Crippen molar-refractivity contribution in [2.24, 2.45) is 5.92 Å². The zero-order valence-corrected chi connectivity index (χ0v) is 14.1. The number of rotatable bonds is 3. The third-order valence-corrected chi connectivity index (χ3v) is 4.82. The first-order chi connectivity index (χ1) is 9.49. The lowest BCUT2D eigenvalue weighted by Crippen LogP contribution is -2.28. The highest BCUT2D eigenvalue weighted by Crippen LogP contribution is 2.26. The molecule has 20 heavy (non-hydrogen) atoms. The van der Waals surface area contributed by atoms with Gasteiger partial charge in [-0.25, -0.2) is 4.68 Å². The fourth-order valence-electron chi connectivity index (χ4n) is 2.76. The topological polar surface area (TPSA) is 46.9 Å². The molecule has 0 aromatic carbocycles. The van der Waals surface area contributed by atoms with Gasteiger partial charge in [0.25, 0.3) is 5.56 Å². The summed E-state index contributed by atoms with van der Waals surface area (Å²) in [6, 6.07) is 0.527. The maximum absolute atomic E-state index is 12.2. The van der Waals surface area contributed by atoms with Crippen molar-refractivity contribution in [3.8, 4) is 0 Å². The van der Waals surface area contributed by atoms with Crippen LogP contribution in [-0.4, -0.2) is 15.8 Å². The molecule has 1 aliphatic carbocycles. The van der Waals surface area contributed by atoms with E-state index in [9.17, 15) is 4.79 Å². The van der Waals surface area contributed by atoms with Crippen LogP contribution in [0.5, 0.6) is 0 Å². The van der Waals surface area contributed by atoms with Gasteiger partial charge in [-0.15, -0.1) is 0 Å². The van der Waals surface area contributed by atoms with Crippen molar-refractivity contribution in [3.05, 3.63) is 21.0 Å². The van der Waals surface area contributed by atoms with Crippen molar-refractivity contribution in [1.82, 2.24) is 9.78 Å². The molecule has 0 aliphatic heterocycles. The second kappa shape index (κ2) is 6.74. The Bertz CT molecular complexity index is 512. The van der Waals surface area contributed by atoms with E-state index in [0.717, 1.165) is 11.6 Å². The molecule has 2 atom stereocenters. The summed E-state index contributed by atoms with van der Waals surface area (Å²) in [5.74, 6) is 0.817. The van der Waals surface area contributed by atoms with Crippen LogP contribution in [0.1, 0.15) is 58.9 Å². The van der Waals surface area contributed by atoms with Gasteiger partial charge < -0.3 is 5.32 Å². The summed E-state index contributed by atoms with van der Waals surface area (Å²) in [5.41, 5.74) is 0.762. The van der Waals surface area contributed by atoms with E-state index in [2.05, 4.69) is 33.3 Å². The van der Waals surface area contributed by atoms with Crippen LogP contribution in [0.25, 0.3) is 0 Å². The van der Waals surface area contributed by atoms with Gasteiger partial charge in [0.15, 0.2) is 0 Å². The van der Waals surface area contributed by atoms with E-state index >= 15 is 0 Å². The van der Waals surface area contributed by atoms with Crippen molar-refractivity contribution in [2.75, 3.05) is 5.32 Å². The van der Waals surface area contributed by atoms with Crippen LogP contribution >= 0.6 is 15.9 Å². The number of anilines is 1. The molecule has 1 saturated carbocycles. The third-order valence-electron chi connectivity index (χ3n) is 4.05. The molecular formula is C15H24BrN3O. The zero-order valence-electron chi connectivity index (χ0n) is 12.5. The van der Waals surface area contributed by atoms with E-state index in [1.807, 2.05) is 13.8 Å². The predicted molar refractivity (Wildman–Crippen MR) is 86.2 cm³/mol. The Morgan fingerprint density at radius 2 is 2.10 bits per heavy atom. The lowest BCUT2D eigenvalue weighted by molar-refractivity contribution is 0.498. The molecule has 0 spiro atoms. The van der Waals surface area contributed by atoms with Crippen LogP contribution in [0, 0.1) is 5.92 Å². The first-order valence-corrected chi connectivity index (χ1v) is 8.32. The molecule has 1 heterocycles. The number of nitrogens with zero attached hydrogens (tertiary/aromatic N) is 2. The van der Waals surface area contributed by atoms with E-state index in [1.54, 1.807) is 6.20 Å². The molecular weight excluding hydrogens is 318 g/mol. The van der Waals surface area contributed by atoms with Crippen LogP contribution in [-0.2, 0) is 0 Å². The van der Waals surface area contributed by atoms with E-state index in [1.165, 1.54) is 36.8 Å². The molecule has 1 aliphatic rings. The van der Waals surface area contributed by atoms with Crippen LogP contribution in [0.2, 0.25) is 0 Å². The Hall–Kier alpha value is -0.840. The fraction of sp³-hybridized carbons (Fsp3) is 0.733. The summed E-state index contributed by atoms with van der Waals surface area (Å²) in [6.45, 7) is 6.24. The minimum atomic E-state index is -0.0630. The molecule has 0 saturated heterocycles. The molecule has 0 bridgehead atoms. The molecule has 1 N–H and O–H groups in total. The summed E-state index contributed by atoms with van der Waals surface area (Å²) >= 11 is 3.42. The van der Waals surface area contributed by atoms with Gasteiger partial charge in [-0.1, -0.05) is 19.8 Å². The molecule has 1 fully saturated rings. The molecule has 112 valence electrons. The normalized spacial score (nSPS) is 23.6. The van der Waals surface area contributed by atoms with Gasteiger partial charge in [0.1, 0.15) is 4.47 Å². The van der Waals surface area contributed by atoms with Crippen LogP contribution in [0.15, 0.2) is 15.5 Å². The standard InChI is InChI=1S/C15H24BrN3O/c1-10(2)19-15(20)14(16)13(9-17-19)18-12-6-4-5-11(3)7-8-12/h9-12,18H,4-8H2,1-3H3. The number of nitrogens with one attached hydrogen (secondary N) is 1. The van der Waals surface area contributed by atoms with Crippen LogP contribution in [0.4, 0.5) is 5.69 Å². The Morgan fingerprint density at radius 1 is 1.35 bits per heavy atom. The largest absolute Gasteiger partial charge is 0.380 e. The molecule has 4 nitrogen and oxygen atoms in total. The van der Waals surface area contributed by atoms with Gasteiger partial charge >= 0.3 is 0 Å². The predicted octanol–water partition coefficient (Wildman–Crippen LogP) is 3.97. The van der Waals surface area contributed by atoms with E-state index in [-0.39, 0.29) is 11.6 Å². The Labute approximate surface area is 129 Å². The Morgan fingerprint density at radius 3 is 2.80 bits per heavy atom. The summed E-state index contributed by atoms with van der Waals surface area (Å²) in [7, 11) is 0. The monoisotopic (exact) mass is 341 g/mol. The maximum Gasteiger partial charge on any atom is 0.283 e. The lowest BCUT2D eigenvalue weighted by atomic mass is 10.0. The first kappa shape index (κ1) is 15.5. The number of halogens is 1. The average molecular weight is 342 g/mol. The summed E-state index contributed by atoms with van der Waals surface area (Å²) < 4.78 is 2.10. The van der Waals surface area contributed by atoms with E-state index in [0.29, 0.717) is 10.5 Å². The second-order valence-corrected chi connectivity index (χ2v) is 6.96. The van der Waals surface area contributed by atoms with Gasteiger partial charge in [0.2, 0.25) is 0 Å². The quantitative estimate of drug-likeness (QED) is 0.846. The highest BCUT2D eigenvalue weighted by Gasteiger charge is 2.18. The number of aromatic nitrogens is 2. The maximum atomic E-state index is 12.2. The molecule has 2 unspecified atom stereocenters. The molecule has 1 aromatic heterocycles. The van der Waals surface area contributed by atoms with Crippen molar-refractivity contribution < 1.29 is 0 Å². The molecule has 1 aromatic rings. The van der Waals surface area contributed by atoms with Crippen molar-refractivity contribution in [3.63, 3.8) is 0 Å². The Kier molecular flexibility index (Phi) is 5.24. The molecule has 2 rings (SSSR count). The van der Waals surface area contributed by atoms with Crippen LogP contribution < -0.4 is 10.9 Å². The number of hydrogen-bond acceptors (Lipinski definition) is 3. The minimum Gasteiger partial charge on any atom is -0.380 e. The number of hydrogen-bond donors (Lipinski definition) is 1. The average Bonchev–Trinajstić information content (AvgIpc) is 2.60. The third kappa shape index (κ3) is 3.62. The van der Waals surface area contributed by atoms with Gasteiger partial charge in [-0.2, -0.15) is 5.10 Å². The van der Waals surface area contributed by atoms with Gasteiger partial charge in [0, 0.05) is 6.04 Å². The van der Waals surface area contributed by atoms with Crippen LogP contribution in [0.3, 0.4) is 0 Å². The minimum absolute atomic E-state index is 0.0630. The van der Waals surface area contributed by atoms with Gasteiger partial charge in [0.05, 0.1) is 17.9 Å². The van der Waals surface area contributed by atoms with E-state index < -0.39 is 0 Å². The fourth-order valence-corrected chi connectivity index (χ4v) is 3.16. The second-order valence-electron chi connectivity index (χ2n) is 6.17. The Balaban J connectivity index is 2.14. The summed E-state index contributed by atoms with van der Waals surface area (Å²) in [4.78, 5) is 12.2. The van der Waals surface area contributed by atoms with Crippen molar-refractivity contribution in [2.45, 2.75) is 65.0 Å². The van der Waals surface area contributed by atoms with E-state index in [4.69, 9.17) is 0 Å². The lowest BCUT2D eigenvalue weighted by Gasteiger charge is -2.19. The molecule has 0 amide bonds. The smallest absolute Gasteiger partial charge is 0.283 e. The molecule has 0 radical (unpaired) electrons. The van der Waals surface area contributed by atoms with Crippen molar-refractivity contribution >= 4 is 21.6 Å². The SMILES string of the molecule is CC1CCCC(Nc2cnn(C(C)C)c(=O)c2Br)CC1. The highest BCUT2D eigenvalue weighted by atomic mass is 79.9. The zero-order chi connectivity index (χ0) is 14.7. The highest BCUT2D eigenvalue weighted by molar-refractivity contribution is 9.10. The van der Waals surface area contributed by atoms with Crippen molar-refractivity contribution in [1.29, 1.82) is 0 Å². The molecule has 5 heteroatoms. The van der Waals surface area contributed by atoms with Gasteiger partial charge in [-0.05, 0) is 55.0 Å².